The second-order valence-corrected chi connectivity index (χ2v) is 9.50. The Balaban J connectivity index is 1.38. The maximum atomic E-state index is 12.4. The van der Waals surface area contributed by atoms with Crippen LogP contribution in [0.1, 0.15) is 42.6 Å². The Morgan fingerprint density at radius 1 is 1.22 bits per heavy atom. The first-order valence-corrected chi connectivity index (χ1v) is 12.4. The van der Waals surface area contributed by atoms with Gasteiger partial charge in [-0.3, -0.25) is 15.0 Å². The molecular formula is C26H36N6O5. The average molecular weight is 513 g/mol. The van der Waals surface area contributed by atoms with E-state index in [1.54, 1.807) is 4.90 Å². The van der Waals surface area contributed by atoms with Gasteiger partial charge in [0.1, 0.15) is 17.4 Å². The molecule has 2 atom stereocenters. The SMILES string of the molecule is Cc1ccc2c(C)c(CC(NC(=O)CCCCNC(=O)C(N)CC3=CCN(C(=N)N)C3)C(=O)O)oc2c1. The number of unbranched alkanes of at least 4 members (excludes halogenated alkanes) is 1. The number of amides is 2. The van der Waals surface area contributed by atoms with E-state index >= 15 is 0 Å². The number of nitrogens with two attached hydrogens (primary N) is 2. The van der Waals surface area contributed by atoms with E-state index < -0.39 is 18.1 Å². The average Bonchev–Trinajstić information content (AvgIpc) is 3.42. The van der Waals surface area contributed by atoms with Crippen molar-refractivity contribution in [3.63, 3.8) is 0 Å². The Kier molecular flexibility index (Phi) is 9.29. The first-order valence-electron chi connectivity index (χ1n) is 12.4. The highest BCUT2D eigenvalue weighted by molar-refractivity contribution is 5.85. The molecule has 0 spiro atoms. The van der Waals surface area contributed by atoms with Crippen LogP contribution in [-0.4, -0.2) is 65.5 Å². The summed E-state index contributed by atoms with van der Waals surface area (Å²) in [6, 6.07) is 4.01. The summed E-state index contributed by atoms with van der Waals surface area (Å²) >= 11 is 0. The van der Waals surface area contributed by atoms with E-state index in [4.69, 9.17) is 21.3 Å². The number of nitrogens with one attached hydrogen (secondary N) is 3. The molecule has 2 amide bonds. The topological polar surface area (TPSA) is 188 Å². The summed E-state index contributed by atoms with van der Waals surface area (Å²) in [5.41, 5.74) is 15.0. The molecule has 1 aliphatic heterocycles. The predicted molar refractivity (Wildman–Crippen MR) is 140 cm³/mol. The van der Waals surface area contributed by atoms with Gasteiger partial charge >= 0.3 is 5.97 Å². The Morgan fingerprint density at radius 3 is 2.65 bits per heavy atom. The smallest absolute Gasteiger partial charge is 0.326 e. The van der Waals surface area contributed by atoms with Crippen LogP contribution in [0.4, 0.5) is 0 Å². The number of hydrogen-bond acceptors (Lipinski definition) is 6. The number of aryl methyl sites for hydroxylation is 2. The van der Waals surface area contributed by atoms with Gasteiger partial charge in [-0.15, -0.1) is 0 Å². The van der Waals surface area contributed by atoms with Crippen LogP contribution < -0.4 is 22.1 Å². The van der Waals surface area contributed by atoms with Crippen LogP contribution >= 0.6 is 0 Å². The summed E-state index contributed by atoms with van der Waals surface area (Å²) in [7, 11) is 0. The number of fused-ring (bicyclic) bond motifs is 1. The number of carbonyl (C=O) groups is 3. The quantitative estimate of drug-likeness (QED) is 0.106. The molecule has 2 aromatic rings. The summed E-state index contributed by atoms with van der Waals surface area (Å²) in [5, 5.41) is 23.3. The third-order valence-corrected chi connectivity index (χ3v) is 6.50. The van der Waals surface area contributed by atoms with Crippen LogP contribution in [0.2, 0.25) is 0 Å². The van der Waals surface area contributed by atoms with E-state index in [-0.39, 0.29) is 30.6 Å². The minimum atomic E-state index is -1.13. The van der Waals surface area contributed by atoms with Gasteiger partial charge in [-0.2, -0.15) is 0 Å². The third-order valence-electron chi connectivity index (χ3n) is 6.50. The van der Waals surface area contributed by atoms with E-state index in [9.17, 15) is 19.5 Å². The van der Waals surface area contributed by atoms with E-state index in [1.807, 2.05) is 38.1 Å². The molecule has 2 unspecified atom stereocenters. The van der Waals surface area contributed by atoms with Crippen molar-refractivity contribution in [1.29, 1.82) is 5.41 Å². The van der Waals surface area contributed by atoms with Crippen molar-refractivity contribution in [2.75, 3.05) is 19.6 Å². The van der Waals surface area contributed by atoms with Gasteiger partial charge in [0.15, 0.2) is 5.96 Å². The fourth-order valence-electron chi connectivity index (χ4n) is 4.30. The lowest BCUT2D eigenvalue weighted by Crippen LogP contribution is -2.42. The maximum Gasteiger partial charge on any atom is 0.326 e. The van der Waals surface area contributed by atoms with Crippen LogP contribution in [0.3, 0.4) is 0 Å². The number of aliphatic carboxylic acids is 1. The molecule has 200 valence electrons. The highest BCUT2D eigenvalue weighted by Gasteiger charge is 2.24. The van der Waals surface area contributed by atoms with Gasteiger partial charge < -0.3 is 36.5 Å². The summed E-state index contributed by atoms with van der Waals surface area (Å²) in [4.78, 5) is 38.1. The van der Waals surface area contributed by atoms with Gasteiger partial charge in [-0.05, 0) is 50.3 Å². The molecule has 0 saturated heterocycles. The van der Waals surface area contributed by atoms with Crippen LogP contribution in [0.25, 0.3) is 11.0 Å². The molecule has 0 aliphatic carbocycles. The monoisotopic (exact) mass is 512 g/mol. The molecule has 0 bridgehead atoms. The first-order chi connectivity index (χ1) is 17.5. The van der Waals surface area contributed by atoms with E-state index in [0.29, 0.717) is 50.2 Å². The molecule has 0 radical (unpaired) electrons. The fraction of sp³-hybridized carbons (Fsp3) is 0.462. The summed E-state index contributed by atoms with van der Waals surface area (Å²) in [6.45, 7) is 5.23. The molecule has 1 aromatic carbocycles. The lowest BCUT2D eigenvalue weighted by molar-refractivity contribution is -0.141. The van der Waals surface area contributed by atoms with Crippen molar-refractivity contribution in [3.05, 3.63) is 46.7 Å². The second kappa shape index (κ2) is 12.4. The molecule has 3 rings (SSSR count). The van der Waals surface area contributed by atoms with E-state index in [2.05, 4.69) is 10.6 Å². The molecule has 0 saturated carbocycles. The fourth-order valence-corrected chi connectivity index (χ4v) is 4.30. The van der Waals surface area contributed by atoms with Crippen molar-refractivity contribution >= 4 is 34.7 Å². The molecule has 0 fully saturated rings. The van der Waals surface area contributed by atoms with Crippen molar-refractivity contribution in [1.82, 2.24) is 15.5 Å². The molecule has 37 heavy (non-hydrogen) atoms. The number of carboxylic acid groups (broad SMARTS) is 1. The Bertz CT molecular complexity index is 1200. The van der Waals surface area contributed by atoms with Crippen molar-refractivity contribution in [3.8, 4) is 0 Å². The minimum Gasteiger partial charge on any atom is -0.480 e. The molecular weight excluding hydrogens is 476 g/mol. The number of guanidine groups is 1. The van der Waals surface area contributed by atoms with Crippen LogP contribution in [0.15, 0.2) is 34.3 Å². The van der Waals surface area contributed by atoms with Crippen molar-refractivity contribution in [2.24, 2.45) is 11.5 Å². The maximum absolute atomic E-state index is 12.4. The highest BCUT2D eigenvalue weighted by atomic mass is 16.4. The zero-order valence-corrected chi connectivity index (χ0v) is 21.3. The number of carboxylic acids is 1. The highest BCUT2D eigenvalue weighted by Crippen LogP contribution is 2.27. The summed E-state index contributed by atoms with van der Waals surface area (Å²) in [5.74, 6) is -1.26. The number of furan rings is 1. The molecule has 2 heterocycles. The third kappa shape index (κ3) is 7.56. The second-order valence-electron chi connectivity index (χ2n) is 9.50. The molecule has 11 heteroatoms. The lowest BCUT2D eigenvalue weighted by atomic mass is 10.1. The lowest BCUT2D eigenvalue weighted by Gasteiger charge is -2.17. The summed E-state index contributed by atoms with van der Waals surface area (Å²) < 4.78 is 5.87. The van der Waals surface area contributed by atoms with Gasteiger partial charge in [0, 0.05) is 37.9 Å². The van der Waals surface area contributed by atoms with Gasteiger partial charge in [-0.25, -0.2) is 4.79 Å². The Labute approximate surface area is 215 Å². The molecule has 11 nitrogen and oxygen atoms in total. The van der Waals surface area contributed by atoms with E-state index in [1.165, 1.54) is 0 Å². The standard InChI is InChI=1S/C26H36N6O5/c1-15-6-7-18-16(2)21(37-22(18)11-15)13-20(25(35)36)31-23(33)5-3-4-9-30-24(34)19(27)12-17-8-10-32(14-17)26(28)29/h6-8,11,19-20H,3-5,9-10,12-14,27H2,1-2H3,(H3,28,29)(H,30,34)(H,31,33)(H,35,36). The first kappa shape index (κ1) is 27.7. The number of rotatable bonds is 12. The molecule has 1 aliphatic rings. The van der Waals surface area contributed by atoms with Gasteiger partial charge in [-0.1, -0.05) is 23.8 Å². The summed E-state index contributed by atoms with van der Waals surface area (Å²) in [6.07, 6.45) is 3.53. The van der Waals surface area contributed by atoms with Crippen LogP contribution in [0, 0.1) is 19.3 Å². The minimum absolute atomic E-state index is 0.0114. The normalized spacial score (nSPS) is 14.8. The van der Waals surface area contributed by atoms with Crippen LogP contribution in [0.5, 0.6) is 0 Å². The number of carbonyl (C=O) groups excluding carboxylic acids is 2. The van der Waals surface area contributed by atoms with Gasteiger partial charge in [0.25, 0.3) is 0 Å². The zero-order valence-electron chi connectivity index (χ0n) is 21.3. The van der Waals surface area contributed by atoms with Crippen molar-refractivity contribution in [2.45, 2.75) is 58.0 Å². The van der Waals surface area contributed by atoms with Crippen LogP contribution in [-0.2, 0) is 20.8 Å². The largest absolute Gasteiger partial charge is 0.480 e. The number of benzene rings is 1. The molecule has 8 N–H and O–H groups in total. The predicted octanol–water partition coefficient (Wildman–Crippen LogP) is 1.30. The number of hydrogen-bond donors (Lipinski definition) is 6. The van der Waals surface area contributed by atoms with Gasteiger partial charge in [0.05, 0.1) is 6.04 Å². The van der Waals surface area contributed by atoms with E-state index in [0.717, 1.165) is 22.1 Å². The molecule has 1 aromatic heterocycles. The Morgan fingerprint density at radius 2 is 1.97 bits per heavy atom. The zero-order chi connectivity index (χ0) is 27.1. The van der Waals surface area contributed by atoms with Crippen molar-refractivity contribution < 1.29 is 23.9 Å². The van der Waals surface area contributed by atoms with Gasteiger partial charge in [0.2, 0.25) is 11.8 Å². The Hall–Kier alpha value is -3.86. The number of nitrogens with zero attached hydrogens (tertiary/aromatic N) is 1.